The fourth-order valence-corrected chi connectivity index (χ4v) is 2.39. The van der Waals surface area contributed by atoms with Crippen LogP contribution in [0.25, 0.3) is 5.78 Å². The monoisotopic (exact) mass is 216 g/mol. The van der Waals surface area contributed by atoms with Gasteiger partial charge in [-0.05, 0) is 31.9 Å². The Morgan fingerprint density at radius 2 is 2.25 bits per heavy atom. The molecule has 4 heteroatoms. The zero-order valence-electron chi connectivity index (χ0n) is 9.48. The molecule has 3 heterocycles. The molecule has 3 rings (SSSR count). The van der Waals surface area contributed by atoms with E-state index < -0.39 is 0 Å². The van der Waals surface area contributed by atoms with E-state index >= 15 is 0 Å². The van der Waals surface area contributed by atoms with Crippen molar-refractivity contribution in [2.75, 3.05) is 13.1 Å². The van der Waals surface area contributed by atoms with E-state index in [1.807, 2.05) is 12.4 Å². The number of nitrogens with one attached hydrogen (secondary N) is 1. The number of imidazole rings is 1. The van der Waals surface area contributed by atoms with Gasteiger partial charge in [0.15, 0.2) is 0 Å². The minimum absolute atomic E-state index is 0.576. The van der Waals surface area contributed by atoms with Crippen molar-refractivity contribution in [1.29, 1.82) is 0 Å². The minimum Gasteiger partial charge on any atom is -0.316 e. The molecule has 16 heavy (non-hydrogen) atoms. The Hall–Kier alpha value is -1.42. The van der Waals surface area contributed by atoms with E-state index in [4.69, 9.17) is 0 Å². The van der Waals surface area contributed by atoms with E-state index in [0.717, 1.165) is 18.9 Å². The Kier molecular flexibility index (Phi) is 2.36. The first-order valence-electron chi connectivity index (χ1n) is 5.85. The Morgan fingerprint density at radius 1 is 1.38 bits per heavy atom. The van der Waals surface area contributed by atoms with E-state index in [1.54, 1.807) is 0 Å². The molecule has 2 aromatic rings. The molecule has 1 unspecified atom stereocenters. The van der Waals surface area contributed by atoms with Crippen molar-refractivity contribution in [3.05, 3.63) is 29.8 Å². The Morgan fingerprint density at radius 3 is 3.06 bits per heavy atom. The number of hydrogen-bond donors (Lipinski definition) is 1. The lowest BCUT2D eigenvalue weighted by atomic mass is 9.97. The molecule has 84 valence electrons. The first-order valence-corrected chi connectivity index (χ1v) is 5.85. The second-order valence-electron chi connectivity index (χ2n) is 4.53. The van der Waals surface area contributed by atoms with E-state index in [-0.39, 0.29) is 0 Å². The predicted octanol–water partition coefficient (Wildman–Crippen LogP) is 1.50. The van der Waals surface area contributed by atoms with Gasteiger partial charge in [0.1, 0.15) is 0 Å². The molecule has 0 saturated carbocycles. The Balaban J connectivity index is 2.05. The van der Waals surface area contributed by atoms with Crippen molar-refractivity contribution in [1.82, 2.24) is 19.7 Å². The van der Waals surface area contributed by atoms with Crippen LogP contribution in [-0.4, -0.2) is 27.5 Å². The molecule has 0 amide bonds. The average Bonchev–Trinajstić information content (AvgIpc) is 2.73. The normalized spacial score (nSPS) is 21.4. The number of fused-ring (bicyclic) bond motifs is 1. The lowest BCUT2D eigenvalue weighted by Gasteiger charge is -2.22. The summed E-state index contributed by atoms with van der Waals surface area (Å²) in [6.07, 6.45) is 8.45. The fourth-order valence-electron chi connectivity index (χ4n) is 2.39. The summed E-state index contributed by atoms with van der Waals surface area (Å²) in [6, 6.07) is 0. The van der Waals surface area contributed by atoms with Gasteiger partial charge in [0.05, 0.1) is 6.20 Å². The number of nitrogens with zero attached hydrogens (tertiary/aromatic N) is 3. The summed E-state index contributed by atoms with van der Waals surface area (Å²) in [4.78, 5) is 8.69. The molecule has 1 fully saturated rings. The summed E-state index contributed by atoms with van der Waals surface area (Å²) in [5, 5.41) is 3.44. The maximum atomic E-state index is 4.36. The molecular formula is C12H16N4. The van der Waals surface area contributed by atoms with Crippen molar-refractivity contribution in [3.63, 3.8) is 0 Å². The van der Waals surface area contributed by atoms with Gasteiger partial charge in [0.25, 0.3) is 0 Å². The highest BCUT2D eigenvalue weighted by Crippen LogP contribution is 2.23. The summed E-state index contributed by atoms with van der Waals surface area (Å²) in [5.41, 5.74) is 2.47. The first kappa shape index (κ1) is 9.78. The molecular weight excluding hydrogens is 200 g/mol. The van der Waals surface area contributed by atoms with Crippen LogP contribution < -0.4 is 5.32 Å². The maximum Gasteiger partial charge on any atom is 0.233 e. The third-order valence-electron chi connectivity index (χ3n) is 3.24. The van der Waals surface area contributed by atoms with Gasteiger partial charge >= 0.3 is 0 Å². The second kappa shape index (κ2) is 3.87. The lowest BCUT2D eigenvalue weighted by molar-refractivity contribution is 0.453. The molecule has 0 aliphatic carbocycles. The standard InChI is InChI=1S/C12H16N4/c1-9-5-14-12-15-7-11(16(12)8-9)10-3-2-4-13-6-10/h5,7-8,10,13H,2-4,6H2,1H3. The number of hydrogen-bond acceptors (Lipinski definition) is 3. The molecule has 1 N–H and O–H groups in total. The third-order valence-corrected chi connectivity index (χ3v) is 3.24. The van der Waals surface area contributed by atoms with Gasteiger partial charge in [-0.15, -0.1) is 0 Å². The van der Waals surface area contributed by atoms with Gasteiger partial charge < -0.3 is 5.32 Å². The summed E-state index contributed by atoms with van der Waals surface area (Å²) in [7, 11) is 0. The smallest absolute Gasteiger partial charge is 0.233 e. The molecule has 0 radical (unpaired) electrons. The van der Waals surface area contributed by atoms with Crippen LogP contribution in [0.5, 0.6) is 0 Å². The van der Waals surface area contributed by atoms with Crippen LogP contribution in [0.1, 0.15) is 30.0 Å². The molecule has 0 bridgehead atoms. The van der Waals surface area contributed by atoms with Gasteiger partial charge in [-0.3, -0.25) is 4.40 Å². The Labute approximate surface area is 94.7 Å². The van der Waals surface area contributed by atoms with Crippen molar-refractivity contribution in [3.8, 4) is 0 Å². The molecule has 0 aromatic carbocycles. The number of rotatable bonds is 1. The number of aromatic nitrogens is 3. The van der Waals surface area contributed by atoms with E-state index in [9.17, 15) is 0 Å². The zero-order valence-corrected chi connectivity index (χ0v) is 9.48. The molecule has 4 nitrogen and oxygen atoms in total. The van der Waals surface area contributed by atoms with Crippen molar-refractivity contribution < 1.29 is 0 Å². The summed E-state index contributed by atoms with van der Waals surface area (Å²) < 4.78 is 2.13. The van der Waals surface area contributed by atoms with Crippen LogP contribution in [-0.2, 0) is 0 Å². The molecule has 1 saturated heterocycles. The third kappa shape index (κ3) is 1.59. The van der Waals surface area contributed by atoms with Crippen molar-refractivity contribution >= 4 is 5.78 Å². The quantitative estimate of drug-likeness (QED) is 0.785. The molecule has 2 aromatic heterocycles. The molecule has 1 atom stereocenters. The summed E-state index contributed by atoms with van der Waals surface area (Å²) in [5.74, 6) is 1.39. The highest BCUT2D eigenvalue weighted by Gasteiger charge is 2.18. The van der Waals surface area contributed by atoms with E-state index in [1.165, 1.54) is 24.1 Å². The summed E-state index contributed by atoms with van der Waals surface area (Å²) in [6.45, 7) is 4.27. The van der Waals surface area contributed by atoms with E-state index in [2.05, 4.69) is 32.8 Å². The number of aryl methyl sites for hydroxylation is 1. The first-order chi connectivity index (χ1) is 7.84. The highest BCUT2D eigenvalue weighted by molar-refractivity contribution is 5.33. The van der Waals surface area contributed by atoms with Gasteiger partial charge in [-0.2, -0.15) is 0 Å². The largest absolute Gasteiger partial charge is 0.316 e. The van der Waals surface area contributed by atoms with Crippen molar-refractivity contribution in [2.45, 2.75) is 25.7 Å². The van der Waals surface area contributed by atoms with E-state index in [0.29, 0.717) is 5.92 Å². The lowest BCUT2D eigenvalue weighted by Crippen LogP contribution is -2.29. The molecule has 1 aliphatic rings. The predicted molar refractivity (Wildman–Crippen MR) is 62.6 cm³/mol. The van der Waals surface area contributed by atoms with Crippen LogP contribution in [0.2, 0.25) is 0 Å². The fraction of sp³-hybridized carbons (Fsp3) is 0.500. The topological polar surface area (TPSA) is 42.2 Å². The van der Waals surface area contributed by atoms with Gasteiger partial charge in [0, 0.05) is 30.6 Å². The maximum absolute atomic E-state index is 4.36. The van der Waals surface area contributed by atoms with Crippen LogP contribution >= 0.6 is 0 Å². The SMILES string of the molecule is Cc1cnc2ncc(C3CCCNC3)n2c1. The minimum atomic E-state index is 0.576. The number of piperidine rings is 1. The van der Waals surface area contributed by atoms with Gasteiger partial charge in [0.2, 0.25) is 5.78 Å². The average molecular weight is 216 g/mol. The second-order valence-corrected chi connectivity index (χ2v) is 4.53. The van der Waals surface area contributed by atoms with Crippen LogP contribution in [0, 0.1) is 6.92 Å². The van der Waals surface area contributed by atoms with Crippen LogP contribution in [0.4, 0.5) is 0 Å². The Bertz CT molecular complexity index is 497. The summed E-state index contributed by atoms with van der Waals surface area (Å²) >= 11 is 0. The zero-order chi connectivity index (χ0) is 11.0. The molecule has 0 spiro atoms. The van der Waals surface area contributed by atoms with Crippen LogP contribution in [0.15, 0.2) is 18.6 Å². The van der Waals surface area contributed by atoms with Crippen LogP contribution in [0.3, 0.4) is 0 Å². The van der Waals surface area contributed by atoms with Gasteiger partial charge in [-0.1, -0.05) is 0 Å². The van der Waals surface area contributed by atoms with Gasteiger partial charge in [-0.25, -0.2) is 9.97 Å². The molecule has 1 aliphatic heterocycles. The highest BCUT2D eigenvalue weighted by atomic mass is 15.1. The van der Waals surface area contributed by atoms with Crippen molar-refractivity contribution in [2.24, 2.45) is 0 Å².